The van der Waals surface area contributed by atoms with E-state index in [0.29, 0.717) is 17.2 Å². The third kappa shape index (κ3) is 2.12. The lowest BCUT2D eigenvalue weighted by Gasteiger charge is -2.32. The van der Waals surface area contributed by atoms with Crippen molar-refractivity contribution < 1.29 is 24.5 Å². The SMILES string of the molecule is COc1ccc2c(c1)OC(CO)CN2C(=O)O. The van der Waals surface area contributed by atoms with Crippen molar-refractivity contribution in [1.82, 2.24) is 0 Å². The van der Waals surface area contributed by atoms with Gasteiger partial charge >= 0.3 is 6.09 Å². The van der Waals surface area contributed by atoms with E-state index in [4.69, 9.17) is 19.7 Å². The summed E-state index contributed by atoms with van der Waals surface area (Å²) in [5.41, 5.74) is 0.461. The summed E-state index contributed by atoms with van der Waals surface area (Å²) in [7, 11) is 1.52. The Morgan fingerprint density at radius 3 is 3.00 bits per heavy atom. The van der Waals surface area contributed by atoms with Crippen LogP contribution >= 0.6 is 0 Å². The topological polar surface area (TPSA) is 79.2 Å². The van der Waals surface area contributed by atoms with Gasteiger partial charge in [-0.2, -0.15) is 0 Å². The smallest absolute Gasteiger partial charge is 0.412 e. The number of benzene rings is 1. The van der Waals surface area contributed by atoms with Gasteiger partial charge in [0.2, 0.25) is 0 Å². The Morgan fingerprint density at radius 2 is 2.41 bits per heavy atom. The number of methoxy groups -OCH3 is 1. The van der Waals surface area contributed by atoms with Gasteiger partial charge in [-0.15, -0.1) is 0 Å². The number of aliphatic hydroxyl groups excluding tert-OH is 1. The summed E-state index contributed by atoms with van der Waals surface area (Å²) in [5.74, 6) is 0.977. The number of rotatable bonds is 2. The van der Waals surface area contributed by atoms with Gasteiger partial charge in [-0.3, -0.25) is 4.90 Å². The van der Waals surface area contributed by atoms with E-state index in [0.717, 1.165) is 4.90 Å². The minimum atomic E-state index is -1.07. The number of hydrogen-bond donors (Lipinski definition) is 2. The lowest BCUT2D eigenvalue weighted by atomic mass is 10.2. The number of ether oxygens (including phenoxy) is 2. The number of carbonyl (C=O) groups is 1. The summed E-state index contributed by atoms with van der Waals surface area (Å²) >= 11 is 0. The summed E-state index contributed by atoms with van der Waals surface area (Å²) in [6.45, 7) is -0.119. The summed E-state index contributed by atoms with van der Waals surface area (Å²) in [6.07, 6.45) is -1.62. The molecular formula is C11H13NO5. The first-order valence-electron chi connectivity index (χ1n) is 5.11. The van der Waals surface area contributed by atoms with Crippen LogP contribution in [0.3, 0.4) is 0 Å². The third-order valence-corrected chi connectivity index (χ3v) is 2.57. The van der Waals surface area contributed by atoms with Gasteiger partial charge in [-0.05, 0) is 12.1 Å². The highest BCUT2D eigenvalue weighted by Crippen LogP contribution is 2.36. The van der Waals surface area contributed by atoms with Crippen LogP contribution in [0.15, 0.2) is 18.2 Å². The predicted molar refractivity (Wildman–Crippen MR) is 59.9 cm³/mol. The molecule has 6 heteroatoms. The molecule has 1 amide bonds. The molecule has 1 aliphatic rings. The Balaban J connectivity index is 2.40. The lowest BCUT2D eigenvalue weighted by Crippen LogP contribution is -2.44. The van der Waals surface area contributed by atoms with Gasteiger partial charge in [-0.1, -0.05) is 0 Å². The van der Waals surface area contributed by atoms with E-state index in [1.54, 1.807) is 18.2 Å². The maximum absolute atomic E-state index is 11.1. The summed E-state index contributed by atoms with van der Waals surface area (Å²) in [4.78, 5) is 12.2. The van der Waals surface area contributed by atoms with Crippen molar-refractivity contribution in [2.24, 2.45) is 0 Å². The molecule has 92 valence electrons. The second-order valence-electron chi connectivity index (χ2n) is 3.65. The number of hydrogen-bond acceptors (Lipinski definition) is 4. The van der Waals surface area contributed by atoms with Crippen molar-refractivity contribution in [3.05, 3.63) is 18.2 Å². The van der Waals surface area contributed by atoms with Gasteiger partial charge < -0.3 is 19.7 Å². The van der Waals surface area contributed by atoms with Crippen molar-refractivity contribution in [1.29, 1.82) is 0 Å². The average Bonchev–Trinajstić information content (AvgIpc) is 2.36. The highest BCUT2D eigenvalue weighted by atomic mass is 16.5. The van der Waals surface area contributed by atoms with E-state index < -0.39 is 12.2 Å². The second kappa shape index (κ2) is 4.50. The van der Waals surface area contributed by atoms with Crippen LogP contribution < -0.4 is 14.4 Å². The molecular weight excluding hydrogens is 226 g/mol. The quantitative estimate of drug-likeness (QED) is 0.802. The van der Waals surface area contributed by atoms with E-state index in [1.165, 1.54) is 7.11 Å². The Bertz CT molecular complexity index is 434. The zero-order valence-electron chi connectivity index (χ0n) is 9.29. The standard InChI is InChI=1S/C11H13NO5/c1-16-7-2-3-9-10(4-7)17-8(6-13)5-12(9)11(14)15/h2-4,8,13H,5-6H2,1H3,(H,14,15). The molecule has 0 aromatic heterocycles. The Morgan fingerprint density at radius 1 is 1.65 bits per heavy atom. The normalized spacial score (nSPS) is 18.2. The molecule has 17 heavy (non-hydrogen) atoms. The van der Waals surface area contributed by atoms with Gasteiger partial charge in [0.1, 0.15) is 17.6 Å². The summed E-state index contributed by atoms with van der Waals surface area (Å²) in [5, 5.41) is 18.1. The Kier molecular flexibility index (Phi) is 3.06. The van der Waals surface area contributed by atoms with Crippen molar-refractivity contribution in [2.75, 3.05) is 25.2 Å². The summed E-state index contributed by atoms with van der Waals surface area (Å²) < 4.78 is 10.5. The zero-order valence-corrected chi connectivity index (χ0v) is 9.29. The van der Waals surface area contributed by atoms with Crippen LogP contribution in [-0.4, -0.2) is 42.7 Å². The van der Waals surface area contributed by atoms with E-state index in [2.05, 4.69) is 0 Å². The number of fused-ring (bicyclic) bond motifs is 1. The molecule has 0 radical (unpaired) electrons. The molecule has 1 atom stereocenters. The highest BCUT2D eigenvalue weighted by molar-refractivity contribution is 5.89. The average molecular weight is 239 g/mol. The van der Waals surface area contributed by atoms with Crippen LogP contribution in [0.4, 0.5) is 10.5 Å². The van der Waals surface area contributed by atoms with Gasteiger partial charge in [0, 0.05) is 6.07 Å². The van der Waals surface area contributed by atoms with E-state index in [1.807, 2.05) is 0 Å². The first-order valence-corrected chi connectivity index (χ1v) is 5.11. The molecule has 0 aliphatic carbocycles. The fourth-order valence-electron chi connectivity index (χ4n) is 1.73. The largest absolute Gasteiger partial charge is 0.497 e. The summed E-state index contributed by atoms with van der Waals surface area (Å²) in [6, 6.07) is 4.89. The van der Waals surface area contributed by atoms with Gasteiger partial charge in [-0.25, -0.2) is 4.79 Å². The number of amides is 1. The minimum absolute atomic E-state index is 0.116. The van der Waals surface area contributed by atoms with Gasteiger partial charge in [0.05, 0.1) is 25.9 Å². The Labute approximate surface area is 98.0 Å². The minimum Gasteiger partial charge on any atom is -0.497 e. The molecule has 1 heterocycles. The molecule has 0 fully saturated rings. The molecule has 1 aliphatic heterocycles. The fourth-order valence-corrected chi connectivity index (χ4v) is 1.73. The van der Waals surface area contributed by atoms with Crippen molar-refractivity contribution in [2.45, 2.75) is 6.10 Å². The van der Waals surface area contributed by atoms with Gasteiger partial charge in [0.15, 0.2) is 0 Å². The number of carboxylic acid groups (broad SMARTS) is 1. The number of aliphatic hydroxyl groups is 1. The van der Waals surface area contributed by atoms with E-state index in [-0.39, 0.29) is 13.2 Å². The number of nitrogens with zero attached hydrogens (tertiary/aromatic N) is 1. The fraction of sp³-hybridized carbons (Fsp3) is 0.364. The molecule has 6 nitrogen and oxygen atoms in total. The third-order valence-electron chi connectivity index (χ3n) is 2.57. The highest BCUT2D eigenvalue weighted by Gasteiger charge is 2.29. The predicted octanol–water partition coefficient (Wildman–Crippen LogP) is 0.933. The van der Waals surface area contributed by atoms with E-state index in [9.17, 15) is 4.79 Å². The zero-order chi connectivity index (χ0) is 12.4. The first-order chi connectivity index (χ1) is 8.15. The monoisotopic (exact) mass is 239 g/mol. The molecule has 0 bridgehead atoms. The lowest BCUT2D eigenvalue weighted by molar-refractivity contribution is 0.110. The Hall–Kier alpha value is -1.95. The second-order valence-corrected chi connectivity index (χ2v) is 3.65. The van der Waals surface area contributed by atoms with Crippen LogP contribution in [-0.2, 0) is 0 Å². The molecule has 2 N–H and O–H groups in total. The molecule has 1 aromatic rings. The molecule has 0 saturated heterocycles. The number of anilines is 1. The molecule has 0 saturated carbocycles. The van der Waals surface area contributed by atoms with Crippen LogP contribution in [0.5, 0.6) is 11.5 Å². The maximum Gasteiger partial charge on any atom is 0.412 e. The molecule has 1 aromatic carbocycles. The molecule has 2 rings (SSSR count). The van der Waals surface area contributed by atoms with Crippen molar-refractivity contribution >= 4 is 11.8 Å². The molecule has 0 spiro atoms. The van der Waals surface area contributed by atoms with Crippen LogP contribution in [0.1, 0.15) is 0 Å². The van der Waals surface area contributed by atoms with Crippen molar-refractivity contribution in [3.8, 4) is 11.5 Å². The maximum atomic E-state index is 11.1. The van der Waals surface area contributed by atoms with E-state index >= 15 is 0 Å². The van der Waals surface area contributed by atoms with Crippen molar-refractivity contribution in [3.63, 3.8) is 0 Å². The van der Waals surface area contributed by atoms with Crippen LogP contribution in [0.25, 0.3) is 0 Å². The molecule has 1 unspecified atom stereocenters. The first kappa shape index (κ1) is 11.5. The van der Waals surface area contributed by atoms with Crippen LogP contribution in [0.2, 0.25) is 0 Å². The van der Waals surface area contributed by atoms with Gasteiger partial charge in [0.25, 0.3) is 0 Å². The van der Waals surface area contributed by atoms with Crippen LogP contribution in [0, 0.1) is 0 Å².